The number of hydrogen-bond acceptors (Lipinski definition) is 3. The second-order valence-corrected chi connectivity index (χ2v) is 9.36. The van der Waals surface area contributed by atoms with Crippen molar-refractivity contribution in [2.24, 2.45) is 0 Å². The highest BCUT2D eigenvalue weighted by Crippen LogP contribution is 2.50. The summed E-state index contributed by atoms with van der Waals surface area (Å²) in [5.74, 6) is -0.378. The summed E-state index contributed by atoms with van der Waals surface area (Å²) < 4.78 is 15.3. The van der Waals surface area contributed by atoms with Gasteiger partial charge in [0.2, 0.25) is 0 Å². The third-order valence-electron chi connectivity index (χ3n) is 6.53. The van der Waals surface area contributed by atoms with E-state index in [1.165, 1.54) is 34.2 Å². The van der Waals surface area contributed by atoms with Crippen molar-refractivity contribution in [3.63, 3.8) is 0 Å². The van der Waals surface area contributed by atoms with E-state index in [0.717, 1.165) is 11.9 Å². The molecule has 0 saturated heterocycles. The van der Waals surface area contributed by atoms with E-state index in [-0.39, 0.29) is 11.7 Å². The van der Waals surface area contributed by atoms with Gasteiger partial charge in [-0.05, 0) is 79.8 Å². The third kappa shape index (κ3) is 2.75. The number of carboxylic acid groups (broad SMARTS) is 1. The molecule has 1 heterocycles. The van der Waals surface area contributed by atoms with Gasteiger partial charge in [-0.1, -0.05) is 18.2 Å². The lowest BCUT2D eigenvalue weighted by Crippen LogP contribution is -2.34. The lowest BCUT2D eigenvalue weighted by atomic mass is 9.75. The van der Waals surface area contributed by atoms with Crippen LogP contribution < -0.4 is 0 Å². The van der Waals surface area contributed by atoms with Crippen molar-refractivity contribution in [1.29, 1.82) is 0 Å². The fraction of sp³-hybridized carbons (Fsp3) is 0.391. The molecule has 5 rings (SSSR count). The van der Waals surface area contributed by atoms with Crippen LogP contribution in [0.3, 0.4) is 0 Å². The Morgan fingerprint density at radius 1 is 1.21 bits per heavy atom. The molecule has 2 aromatic carbocycles. The summed E-state index contributed by atoms with van der Waals surface area (Å²) in [4.78, 5) is 17.1. The maximum absolute atomic E-state index is 14.1. The molecule has 2 unspecified atom stereocenters. The normalized spacial score (nSPS) is 24.7. The van der Waals surface area contributed by atoms with Gasteiger partial charge in [-0.15, -0.1) is 11.3 Å². The number of aliphatic carboxylic acids is 1. The Bertz CT molecular complexity index is 1090. The molecule has 2 fully saturated rings. The average Bonchev–Trinajstić information content (AvgIpc) is 3.28. The lowest BCUT2D eigenvalue weighted by Gasteiger charge is -2.27. The minimum Gasteiger partial charge on any atom is -0.481 e. The smallest absolute Gasteiger partial charge is 0.314 e. The molecule has 5 heteroatoms. The van der Waals surface area contributed by atoms with Crippen LogP contribution in [0.1, 0.15) is 65.6 Å². The summed E-state index contributed by atoms with van der Waals surface area (Å²) in [5, 5.41) is 11.3. The van der Waals surface area contributed by atoms with Gasteiger partial charge in [0.1, 0.15) is 5.82 Å². The molecule has 1 aromatic heterocycles. The van der Waals surface area contributed by atoms with Crippen molar-refractivity contribution in [2.45, 2.75) is 56.3 Å². The maximum atomic E-state index is 14.1. The first-order chi connectivity index (χ1) is 13.5. The van der Waals surface area contributed by atoms with Crippen LogP contribution in [0.4, 0.5) is 4.39 Å². The van der Waals surface area contributed by atoms with E-state index >= 15 is 0 Å². The van der Waals surface area contributed by atoms with Crippen LogP contribution in [0.15, 0.2) is 36.4 Å². The number of fused-ring (bicyclic) bond motifs is 1. The molecule has 0 aliphatic heterocycles. The van der Waals surface area contributed by atoms with Crippen molar-refractivity contribution in [1.82, 2.24) is 4.98 Å². The summed E-state index contributed by atoms with van der Waals surface area (Å²) in [6, 6.07) is 11.2. The van der Waals surface area contributed by atoms with Crippen LogP contribution in [0.25, 0.3) is 10.2 Å². The van der Waals surface area contributed by atoms with E-state index < -0.39 is 11.4 Å². The molecule has 0 radical (unpaired) electrons. The quantitative estimate of drug-likeness (QED) is 0.597. The van der Waals surface area contributed by atoms with E-state index in [4.69, 9.17) is 4.98 Å². The number of carbonyl (C=O) groups is 1. The topological polar surface area (TPSA) is 50.2 Å². The molecule has 0 bridgehead atoms. The number of benzene rings is 2. The van der Waals surface area contributed by atoms with Crippen molar-refractivity contribution < 1.29 is 14.3 Å². The Balaban J connectivity index is 1.50. The van der Waals surface area contributed by atoms with E-state index in [0.29, 0.717) is 29.9 Å². The van der Waals surface area contributed by atoms with Gasteiger partial charge in [0.05, 0.1) is 20.6 Å². The number of thiazole rings is 1. The van der Waals surface area contributed by atoms with Gasteiger partial charge in [0.15, 0.2) is 0 Å². The molecular weight excluding hydrogens is 373 g/mol. The molecule has 2 saturated carbocycles. The molecule has 1 N–H and O–H groups in total. The summed E-state index contributed by atoms with van der Waals surface area (Å²) >= 11 is 1.77. The standard InChI is InChI=1S/C23H22FNO2S/c1-13-17(3-2-4-18(13)24)23(22(26)27)10-9-16(12-23)15-7-8-19-20(11-15)28-21(25-19)14-5-6-14/h2-4,7-8,11,14,16H,5-6,9-10,12H2,1H3,(H,26,27). The molecule has 0 amide bonds. The first-order valence-electron chi connectivity index (χ1n) is 9.87. The second kappa shape index (κ2) is 6.38. The number of carboxylic acids is 1. The van der Waals surface area contributed by atoms with Gasteiger partial charge >= 0.3 is 5.97 Å². The zero-order valence-electron chi connectivity index (χ0n) is 15.7. The van der Waals surface area contributed by atoms with E-state index in [1.807, 2.05) is 0 Å². The molecule has 3 nitrogen and oxygen atoms in total. The fourth-order valence-electron chi connectivity index (χ4n) is 4.73. The van der Waals surface area contributed by atoms with Crippen molar-refractivity contribution in [2.75, 3.05) is 0 Å². The van der Waals surface area contributed by atoms with Crippen molar-refractivity contribution in [3.8, 4) is 0 Å². The Kier molecular flexibility index (Phi) is 4.05. The Morgan fingerprint density at radius 2 is 2.04 bits per heavy atom. The fourth-order valence-corrected chi connectivity index (χ4v) is 5.91. The van der Waals surface area contributed by atoms with Gasteiger partial charge in [-0.25, -0.2) is 9.37 Å². The van der Waals surface area contributed by atoms with Crippen LogP contribution >= 0.6 is 11.3 Å². The first kappa shape index (κ1) is 17.8. The molecule has 144 valence electrons. The van der Waals surface area contributed by atoms with Gasteiger partial charge in [-0.2, -0.15) is 0 Å². The Morgan fingerprint density at radius 3 is 2.79 bits per heavy atom. The number of halogens is 1. The average molecular weight is 395 g/mol. The summed E-state index contributed by atoms with van der Waals surface area (Å²) in [6.45, 7) is 1.69. The SMILES string of the molecule is Cc1c(F)cccc1C1(C(=O)O)CCC(c2ccc3nc(C4CC4)sc3c2)C1. The van der Waals surface area contributed by atoms with E-state index in [9.17, 15) is 14.3 Å². The van der Waals surface area contributed by atoms with E-state index in [2.05, 4.69) is 18.2 Å². The number of nitrogens with zero attached hydrogens (tertiary/aromatic N) is 1. The number of rotatable bonds is 4. The van der Waals surface area contributed by atoms with Crippen LogP contribution in [0.2, 0.25) is 0 Å². The summed E-state index contributed by atoms with van der Waals surface area (Å²) in [6.07, 6.45) is 4.31. The largest absolute Gasteiger partial charge is 0.481 e. The summed E-state index contributed by atoms with van der Waals surface area (Å²) in [5.41, 5.74) is 2.28. The zero-order valence-corrected chi connectivity index (χ0v) is 16.6. The van der Waals surface area contributed by atoms with Crippen molar-refractivity contribution in [3.05, 3.63) is 63.9 Å². The predicted octanol–water partition coefficient (Wildman–Crippen LogP) is 5.91. The molecular formula is C23H22FNO2S. The molecule has 0 spiro atoms. The minimum atomic E-state index is -1.02. The lowest BCUT2D eigenvalue weighted by molar-refractivity contribution is -0.143. The molecule has 2 aliphatic rings. The first-order valence-corrected chi connectivity index (χ1v) is 10.7. The molecule has 2 aliphatic carbocycles. The highest BCUT2D eigenvalue weighted by molar-refractivity contribution is 7.18. The van der Waals surface area contributed by atoms with Gasteiger partial charge < -0.3 is 5.11 Å². The van der Waals surface area contributed by atoms with E-state index in [1.54, 1.807) is 30.4 Å². The highest BCUT2D eigenvalue weighted by atomic mass is 32.1. The van der Waals surface area contributed by atoms with Crippen LogP contribution in [0, 0.1) is 12.7 Å². The Hall–Kier alpha value is -2.27. The third-order valence-corrected chi connectivity index (χ3v) is 7.71. The molecule has 3 aromatic rings. The number of hydrogen-bond donors (Lipinski definition) is 1. The maximum Gasteiger partial charge on any atom is 0.314 e. The molecule has 2 atom stereocenters. The monoisotopic (exact) mass is 395 g/mol. The zero-order chi connectivity index (χ0) is 19.5. The van der Waals surface area contributed by atoms with Crippen LogP contribution in [0.5, 0.6) is 0 Å². The van der Waals surface area contributed by atoms with Gasteiger partial charge in [0, 0.05) is 5.92 Å². The van der Waals surface area contributed by atoms with Crippen LogP contribution in [-0.4, -0.2) is 16.1 Å². The molecule has 28 heavy (non-hydrogen) atoms. The van der Waals surface area contributed by atoms with Gasteiger partial charge in [0.25, 0.3) is 0 Å². The van der Waals surface area contributed by atoms with Gasteiger partial charge in [-0.3, -0.25) is 4.79 Å². The predicted molar refractivity (Wildman–Crippen MR) is 109 cm³/mol. The minimum absolute atomic E-state index is 0.162. The number of aromatic nitrogens is 1. The highest BCUT2D eigenvalue weighted by Gasteiger charge is 2.48. The van der Waals surface area contributed by atoms with Crippen LogP contribution in [-0.2, 0) is 10.2 Å². The summed E-state index contributed by atoms with van der Waals surface area (Å²) in [7, 11) is 0. The second-order valence-electron chi connectivity index (χ2n) is 8.29. The van der Waals surface area contributed by atoms with Crippen molar-refractivity contribution >= 4 is 27.5 Å². The Labute approximate surface area is 167 Å².